The van der Waals surface area contributed by atoms with E-state index in [0.717, 1.165) is 42.3 Å². The lowest BCUT2D eigenvalue weighted by atomic mass is 10.1. The Bertz CT molecular complexity index is 708. The second-order valence-corrected chi connectivity index (χ2v) is 6.56. The van der Waals surface area contributed by atoms with Crippen molar-refractivity contribution in [2.45, 2.75) is 33.4 Å². The van der Waals surface area contributed by atoms with Gasteiger partial charge in [0.25, 0.3) is 5.91 Å². The Kier molecular flexibility index (Phi) is 5.33. The smallest absolute Gasteiger partial charge is 0.263 e. The van der Waals surface area contributed by atoms with Gasteiger partial charge in [-0.15, -0.1) is 0 Å². The number of carbonyl (C=O) groups is 1. The molecule has 0 radical (unpaired) electrons. The molecular formula is C18H25N5O2. The molecule has 3 rings (SSSR count). The first kappa shape index (κ1) is 17.4. The summed E-state index contributed by atoms with van der Waals surface area (Å²) in [5, 5.41) is 6.73. The molecule has 1 unspecified atom stereocenters. The highest BCUT2D eigenvalue weighted by molar-refractivity contribution is 5.81. The van der Waals surface area contributed by atoms with Crippen molar-refractivity contribution in [3.63, 3.8) is 0 Å². The van der Waals surface area contributed by atoms with E-state index >= 15 is 0 Å². The van der Waals surface area contributed by atoms with Crippen molar-refractivity contribution in [2.75, 3.05) is 26.2 Å². The molecule has 2 aromatic rings. The molecule has 0 aliphatic carbocycles. The molecule has 1 atom stereocenters. The Labute approximate surface area is 148 Å². The van der Waals surface area contributed by atoms with Gasteiger partial charge in [0.2, 0.25) is 0 Å². The first-order chi connectivity index (χ1) is 12.0. The van der Waals surface area contributed by atoms with Gasteiger partial charge in [-0.05, 0) is 38.0 Å². The predicted octanol–water partition coefficient (Wildman–Crippen LogP) is 1.53. The Morgan fingerprint density at radius 3 is 2.72 bits per heavy atom. The maximum absolute atomic E-state index is 12.7. The number of aromatic amines is 1. The van der Waals surface area contributed by atoms with Gasteiger partial charge in [0, 0.05) is 26.2 Å². The second-order valence-electron chi connectivity index (χ2n) is 6.56. The van der Waals surface area contributed by atoms with Crippen LogP contribution in [-0.2, 0) is 11.3 Å². The number of nitrogens with one attached hydrogen (secondary N) is 1. The van der Waals surface area contributed by atoms with Crippen LogP contribution in [0.25, 0.3) is 0 Å². The summed E-state index contributed by atoms with van der Waals surface area (Å²) in [7, 11) is 0. The van der Waals surface area contributed by atoms with Crippen LogP contribution in [0.5, 0.6) is 5.75 Å². The molecule has 1 aliphatic heterocycles. The molecule has 1 aromatic heterocycles. The fraction of sp³-hybridized carbons (Fsp3) is 0.500. The maximum atomic E-state index is 12.7. The number of ether oxygens (including phenoxy) is 1. The van der Waals surface area contributed by atoms with Crippen LogP contribution in [-0.4, -0.2) is 63.2 Å². The molecule has 1 fully saturated rings. The summed E-state index contributed by atoms with van der Waals surface area (Å²) in [5.41, 5.74) is 2.17. The third-order valence-electron chi connectivity index (χ3n) is 4.52. The predicted molar refractivity (Wildman–Crippen MR) is 94.2 cm³/mol. The molecule has 1 amide bonds. The molecule has 1 N–H and O–H groups in total. The molecule has 1 aromatic carbocycles. The normalized spacial score (nSPS) is 16.7. The Hall–Kier alpha value is -2.41. The van der Waals surface area contributed by atoms with Gasteiger partial charge in [-0.2, -0.15) is 5.10 Å². The second kappa shape index (κ2) is 7.65. The highest BCUT2D eigenvalue weighted by atomic mass is 16.5. The number of hydrogen-bond donors (Lipinski definition) is 1. The number of hydrogen-bond acceptors (Lipinski definition) is 5. The van der Waals surface area contributed by atoms with Crippen LogP contribution in [0.2, 0.25) is 0 Å². The van der Waals surface area contributed by atoms with E-state index in [1.165, 1.54) is 6.33 Å². The van der Waals surface area contributed by atoms with Gasteiger partial charge in [0.1, 0.15) is 17.9 Å². The lowest BCUT2D eigenvalue weighted by Crippen LogP contribution is -2.51. The van der Waals surface area contributed by atoms with E-state index in [9.17, 15) is 4.79 Å². The van der Waals surface area contributed by atoms with Gasteiger partial charge >= 0.3 is 0 Å². The van der Waals surface area contributed by atoms with Crippen LogP contribution >= 0.6 is 0 Å². The van der Waals surface area contributed by atoms with Crippen molar-refractivity contribution in [2.24, 2.45) is 0 Å². The minimum absolute atomic E-state index is 0.0419. The quantitative estimate of drug-likeness (QED) is 0.891. The van der Waals surface area contributed by atoms with Crippen LogP contribution in [0, 0.1) is 13.8 Å². The zero-order chi connectivity index (χ0) is 17.8. The van der Waals surface area contributed by atoms with Crippen LogP contribution in [0.3, 0.4) is 0 Å². The summed E-state index contributed by atoms with van der Waals surface area (Å²) in [5.74, 6) is 1.68. The van der Waals surface area contributed by atoms with Gasteiger partial charge in [-0.1, -0.05) is 12.1 Å². The van der Waals surface area contributed by atoms with Crippen molar-refractivity contribution in [1.82, 2.24) is 25.0 Å². The van der Waals surface area contributed by atoms with Gasteiger partial charge in [-0.3, -0.25) is 14.8 Å². The maximum Gasteiger partial charge on any atom is 0.263 e. The molecule has 2 heterocycles. The lowest BCUT2D eigenvalue weighted by Gasteiger charge is -2.35. The van der Waals surface area contributed by atoms with Crippen LogP contribution in [0.4, 0.5) is 0 Å². The number of piperazine rings is 1. The summed E-state index contributed by atoms with van der Waals surface area (Å²) < 4.78 is 5.92. The highest BCUT2D eigenvalue weighted by Gasteiger charge is 2.26. The Morgan fingerprint density at radius 1 is 1.28 bits per heavy atom. The number of aromatic nitrogens is 3. The molecule has 0 bridgehead atoms. The van der Waals surface area contributed by atoms with Gasteiger partial charge in [0.05, 0.1) is 6.54 Å². The average molecular weight is 343 g/mol. The summed E-state index contributed by atoms with van der Waals surface area (Å²) in [6, 6.07) is 6.04. The Balaban J connectivity index is 1.52. The SMILES string of the molecule is Cc1ccc(C)c(OC(C)C(=O)N2CCN(Cc3ncn[nH]3)CC2)c1. The molecule has 7 nitrogen and oxygen atoms in total. The molecule has 0 saturated carbocycles. The molecule has 1 aliphatic rings. The fourth-order valence-corrected chi connectivity index (χ4v) is 2.98. The fourth-order valence-electron chi connectivity index (χ4n) is 2.98. The van der Waals surface area contributed by atoms with Crippen molar-refractivity contribution < 1.29 is 9.53 Å². The first-order valence-electron chi connectivity index (χ1n) is 8.62. The van der Waals surface area contributed by atoms with Crippen molar-refractivity contribution in [3.8, 4) is 5.75 Å². The molecular weight excluding hydrogens is 318 g/mol. The van der Waals surface area contributed by atoms with Gasteiger partial charge in [-0.25, -0.2) is 4.98 Å². The van der Waals surface area contributed by atoms with E-state index in [4.69, 9.17) is 4.74 Å². The third-order valence-corrected chi connectivity index (χ3v) is 4.52. The van der Waals surface area contributed by atoms with Crippen LogP contribution in [0.1, 0.15) is 23.9 Å². The van der Waals surface area contributed by atoms with Crippen molar-refractivity contribution in [1.29, 1.82) is 0 Å². The Morgan fingerprint density at radius 2 is 2.04 bits per heavy atom. The van der Waals surface area contributed by atoms with Gasteiger partial charge in [0.15, 0.2) is 6.10 Å². The standard InChI is InChI=1S/C18H25N5O2/c1-13-4-5-14(2)16(10-13)25-15(3)18(24)23-8-6-22(7-9-23)11-17-19-12-20-21-17/h4-5,10,12,15H,6-9,11H2,1-3H3,(H,19,20,21). The first-order valence-corrected chi connectivity index (χ1v) is 8.62. The van der Waals surface area contributed by atoms with E-state index in [-0.39, 0.29) is 5.91 Å². The van der Waals surface area contributed by atoms with E-state index < -0.39 is 6.10 Å². The number of rotatable bonds is 5. The minimum Gasteiger partial charge on any atom is -0.481 e. The highest BCUT2D eigenvalue weighted by Crippen LogP contribution is 2.21. The molecule has 7 heteroatoms. The van der Waals surface area contributed by atoms with E-state index in [1.807, 2.05) is 43.9 Å². The molecule has 134 valence electrons. The van der Waals surface area contributed by atoms with Crippen molar-refractivity contribution in [3.05, 3.63) is 41.5 Å². The zero-order valence-corrected chi connectivity index (χ0v) is 15.0. The topological polar surface area (TPSA) is 74.3 Å². The summed E-state index contributed by atoms with van der Waals surface area (Å²) in [6.45, 7) is 9.62. The van der Waals surface area contributed by atoms with Crippen LogP contribution in [0.15, 0.2) is 24.5 Å². The number of nitrogens with zero attached hydrogens (tertiary/aromatic N) is 4. The van der Waals surface area contributed by atoms with Gasteiger partial charge < -0.3 is 9.64 Å². The number of benzene rings is 1. The summed E-state index contributed by atoms with van der Waals surface area (Å²) in [4.78, 5) is 21.0. The van der Waals surface area contributed by atoms with Crippen molar-refractivity contribution >= 4 is 5.91 Å². The largest absolute Gasteiger partial charge is 0.481 e. The molecule has 25 heavy (non-hydrogen) atoms. The number of amides is 1. The third kappa shape index (κ3) is 4.36. The minimum atomic E-state index is -0.485. The van der Waals surface area contributed by atoms with Crippen LogP contribution < -0.4 is 4.74 Å². The molecule has 1 saturated heterocycles. The zero-order valence-electron chi connectivity index (χ0n) is 15.0. The van der Waals surface area contributed by atoms with E-state index in [0.29, 0.717) is 13.1 Å². The molecule has 0 spiro atoms. The lowest BCUT2D eigenvalue weighted by molar-refractivity contribution is -0.139. The number of aryl methyl sites for hydroxylation is 2. The van der Waals surface area contributed by atoms with E-state index in [2.05, 4.69) is 20.1 Å². The summed E-state index contributed by atoms with van der Waals surface area (Å²) in [6.07, 6.45) is 1.03. The average Bonchev–Trinajstić information content (AvgIpc) is 3.11. The number of carbonyl (C=O) groups excluding carboxylic acids is 1. The number of H-pyrrole nitrogens is 1. The summed E-state index contributed by atoms with van der Waals surface area (Å²) >= 11 is 0. The van der Waals surface area contributed by atoms with E-state index in [1.54, 1.807) is 0 Å². The monoisotopic (exact) mass is 343 g/mol.